The SMILES string of the molecule is O=C(OC1CC(O)CC(OC(=O)c2cc(O)c(O)c(O)c2)C1)c1cc(O)c(O)c(O)c1. The first-order chi connectivity index (χ1) is 14.5. The Morgan fingerprint density at radius 1 is 0.645 bits per heavy atom. The van der Waals surface area contributed by atoms with Crippen LogP contribution in [0.15, 0.2) is 24.3 Å². The lowest BCUT2D eigenvalue weighted by Gasteiger charge is -2.31. The van der Waals surface area contributed by atoms with Crippen molar-refractivity contribution in [2.24, 2.45) is 0 Å². The standard InChI is InChI=1S/C20H20O11/c21-10-5-11(30-19(28)8-1-13(22)17(26)14(23)2-8)7-12(6-10)31-20(29)9-3-15(24)18(27)16(25)4-9/h1-4,10-12,21-27H,5-7H2. The van der Waals surface area contributed by atoms with Gasteiger partial charge in [0.1, 0.15) is 12.2 Å². The highest BCUT2D eigenvalue weighted by atomic mass is 16.6. The minimum Gasteiger partial charge on any atom is -0.504 e. The average Bonchev–Trinajstić information content (AvgIpc) is 2.68. The summed E-state index contributed by atoms with van der Waals surface area (Å²) in [5.41, 5.74) is -0.479. The van der Waals surface area contributed by atoms with Crippen molar-refractivity contribution < 1.29 is 54.8 Å². The van der Waals surface area contributed by atoms with Crippen LogP contribution in [0.4, 0.5) is 0 Å². The maximum atomic E-state index is 12.3. The lowest BCUT2D eigenvalue weighted by molar-refractivity contribution is -0.0510. The zero-order valence-electron chi connectivity index (χ0n) is 15.9. The van der Waals surface area contributed by atoms with Crippen molar-refractivity contribution >= 4 is 11.9 Å². The van der Waals surface area contributed by atoms with Crippen LogP contribution < -0.4 is 0 Å². The molecule has 0 aromatic heterocycles. The second-order valence-electron chi connectivity index (χ2n) is 7.14. The number of aliphatic hydroxyl groups excluding tert-OH is 1. The topological polar surface area (TPSA) is 194 Å². The summed E-state index contributed by atoms with van der Waals surface area (Å²) in [7, 11) is 0. The summed E-state index contributed by atoms with van der Waals surface area (Å²) < 4.78 is 10.5. The average molecular weight is 436 g/mol. The summed E-state index contributed by atoms with van der Waals surface area (Å²) in [6.07, 6.45) is -2.57. The third-order valence-electron chi connectivity index (χ3n) is 4.75. The minimum absolute atomic E-state index is 0.0284. The fourth-order valence-corrected chi connectivity index (χ4v) is 3.26. The summed E-state index contributed by atoms with van der Waals surface area (Å²) in [4.78, 5) is 24.6. The van der Waals surface area contributed by atoms with Gasteiger partial charge in [-0.05, 0) is 24.3 Å². The van der Waals surface area contributed by atoms with Gasteiger partial charge in [-0.25, -0.2) is 9.59 Å². The largest absolute Gasteiger partial charge is 0.504 e. The Bertz CT molecular complexity index is 891. The van der Waals surface area contributed by atoms with Crippen LogP contribution in [-0.2, 0) is 9.47 Å². The number of benzene rings is 2. The van der Waals surface area contributed by atoms with Crippen molar-refractivity contribution in [1.29, 1.82) is 0 Å². The maximum Gasteiger partial charge on any atom is 0.338 e. The molecule has 1 saturated carbocycles. The molecule has 0 spiro atoms. The smallest absolute Gasteiger partial charge is 0.338 e. The number of rotatable bonds is 4. The van der Waals surface area contributed by atoms with Gasteiger partial charge in [0.15, 0.2) is 34.5 Å². The van der Waals surface area contributed by atoms with Gasteiger partial charge in [-0.2, -0.15) is 0 Å². The van der Waals surface area contributed by atoms with Crippen molar-refractivity contribution in [3.05, 3.63) is 35.4 Å². The summed E-state index contributed by atoms with van der Waals surface area (Å²) >= 11 is 0. The first-order valence-electron chi connectivity index (χ1n) is 9.15. The number of carbonyl (C=O) groups excluding carboxylic acids is 2. The summed E-state index contributed by atoms with van der Waals surface area (Å²) in [6.45, 7) is 0. The second-order valence-corrected chi connectivity index (χ2v) is 7.14. The fraction of sp³-hybridized carbons (Fsp3) is 0.300. The van der Waals surface area contributed by atoms with Gasteiger partial charge in [-0.1, -0.05) is 0 Å². The first-order valence-corrected chi connectivity index (χ1v) is 9.15. The van der Waals surface area contributed by atoms with E-state index in [9.17, 15) is 45.3 Å². The molecule has 2 unspecified atom stereocenters. The van der Waals surface area contributed by atoms with Crippen LogP contribution >= 0.6 is 0 Å². The van der Waals surface area contributed by atoms with Crippen LogP contribution in [0.2, 0.25) is 0 Å². The lowest BCUT2D eigenvalue weighted by atomic mass is 9.92. The molecule has 1 aliphatic rings. The Kier molecular flexibility index (Phi) is 5.97. The number of hydrogen-bond donors (Lipinski definition) is 7. The van der Waals surface area contributed by atoms with Crippen LogP contribution in [-0.4, -0.2) is 66.0 Å². The highest BCUT2D eigenvalue weighted by Gasteiger charge is 2.33. The molecule has 0 bridgehead atoms. The van der Waals surface area contributed by atoms with E-state index in [-0.39, 0.29) is 30.4 Å². The predicted octanol–water partition coefficient (Wildman–Crippen LogP) is 1.22. The Balaban J connectivity index is 1.67. The van der Waals surface area contributed by atoms with E-state index < -0.39 is 64.7 Å². The first kappa shape index (κ1) is 21.8. The number of hydrogen-bond acceptors (Lipinski definition) is 11. The molecular formula is C20H20O11. The van der Waals surface area contributed by atoms with Gasteiger partial charge in [0.05, 0.1) is 17.2 Å². The summed E-state index contributed by atoms with van der Waals surface area (Å²) in [5.74, 6) is -6.34. The quantitative estimate of drug-likeness (QED) is 0.269. The highest BCUT2D eigenvalue weighted by molar-refractivity contribution is 5.92. The molecule has 0 radical (unpaired) electrons. The van der Waals surface area contributed by atoms with E-state index in [1.54, 1.807) is 0 Å². The molecule has 11 nitrogen and oxygen atoms in total. The molecule has 31 heavy (non-hydrogen) atoms. The van der Waals surface area contributed by atoms with E-state index in [1.807, 2.05) is 0 Å². The van der Waals surface area contributed by atoms with Gasteiger partial charge in [0.25, 0.3) is 0 Å². The third-order valence-corrected chi connectivity index (χ3v) is 4.75. The Morgan fingerprint density at radius 2 is 0.968 bits per heavy atom. The Hall–Kier alpha value is -3.86. The van der Waals surface area contributed by atoms with E-state index in [0.717, 1.165) is 24.3 Å². The Labute approximate surface area is 175 Å². The molecule has 7 N–H and O–H groups in total. The summed E-state index contributed by atoms with van der Waals surface area (Å²) in [5, 5.41) is 66.8. The van der Waals surface area contributed by atoms with Crippen LogP contribution in [0.1, 0.15) is 40.0 Å². The molecule has 0 amide bonds. The van der Waals surface area contributed by atoms with Crippen molar-refractivity contribution in [1.82, 2.24) is 0 Å². The Morgan fingerprint density at radius 3 is 1.29 bits per heavy atom. The van der Waals surface area contributed by atoms with Crippen LogP contribution in [0, 0.1) is 0 Å². The van der Waals surface area contributed by atoms with Crippen LogP contribution in [0.25, 0.3) is 0 Å². The van der Waals surface area contributed by atoms with E-state index >= 15 is 0 Å². The number of phenolic OH excluding ortho intramolecular Hbond substituents is 6. The number of phenols is 6. The van der Waals surface area contributed by atoms with Crippen molar-refractivity contribution in [3.63, 3.8) is 0 Å². The lowest BCUT2D eigenvalue weighted by Crippen LogP contribution is -2.38. The molecule has 166 valence electrons. The van der Waals surface area contributed by atoms with E-state index in [2.05, 4.69) is 0 Å². The van der Waals surface area contributed by atoms with Crippen molar-refractivity contribution in [2.75, 3.05) is 0 Å². The molecule has 2 atom stereocenters. The van der Waals surface area contributed by atoms with Gasteiger partial charge < -0.3 is 45.2 Å². The second kappa shape index (κ2) is 8.48. The molecule has 0 aliphatic heterocycles. The fourth-order valence-electron chi connectivity index (χ4n) is 3.26. The molecule has 11 heteroatoms. The molecule has 2 aromatic rings. The molecule has 0 heterocycles. The van der Waals surface area contributed by atoms with Gasteiger partial charge >= 0.3 is 11.9 Å². The van der Waals surface area contributed by atoms with Gasteiger partial charge in [-0.3, -0.25) is 0 Å². The molecule has 1 aliphatic carbocycles. The molecule has 3 rings (SSSR count). The number of aliphatic hydroxyl groups is 1. The van der Waals surface area contributed by atoms with Crippen molar-refractivity contribution in [3.8, 4) is 34.5 Å². The minimum atomic E-state index is -0.965. The number of ether oxygens (including phenoxy) is 2. The molecule has 0 saturated heterocycles. The predicted molar refractivity (Wildman–Crippen MR) is 101 cm³/mol. The van der Waals surface area contributed by atoms with E-state index in [1.165, 1.54) is 0 Å². The zero-order chi connectivity index (χ0) is 22.9. The van der Waals surface area contributed by atoms with E-state index in [4.69, 9.17) is 9.47 Å². The molecule has 1 fully saturated rings. The highest BCUT2D eigenvalue weighted by Crippen LogP contribution is 2.37. The van der Waals surface area contributed by atoms with Gasteiger partial charge in [0.2, 0.25) is 0 Å². The summed E-state index contributed by atoms with van der Waals surface area (Å²) in [6, 6.07) is 3.60. The molecule has 2 aromatic carbocycles. The normalized spacial score (nSPS) is 20.7. The maximum absolute atomic E-state index is 12.3. The third kappa shape index (κ3) is 4.83. The number of aromatic hydroxyl groups is 6. The number of esters is 2. The zero-order valence-corrected chi connectivity index (χ0v) is 15.9. The van der Waals surface area contributed by atoms with Crippen molar-refractivity contribution in [2.45, 2.75) is 37.6 Å². The van der Waals surface area contributed by atoms with Gasteiger partial charge in [-0.15, -0.1) is 0 Å². The molecular weight excluding hydrogens is 416 g/mol. The van der Waals surface area contributed by atoms with Gasteiger partial charge in [0, 0.05) is 19.3 Å². The monoisotopic (exact) mass is 436 g/mol. The van der Waals surface area contributed by atoms with Crippen LogP contribution in [0.3, 0.4) is 0 Å². The van der Waals surface area contributed by atoms with E-state index in [0.29, 0.717) is 0 Å². The van der Waals surface area contributed by atoms with Crippen LogP contribution in [0.5, 0.6) is 34.5 Å². The number of carbonyl (C=O) groups is 2.